The first-order chi connectivity index (χ1) is 5.11. The fraction of sp³-hybridized carbons (Fsp3) is 0.600. The van der Waals surface area contributed by atoms with E-state index in [0.717, 1.165) is 0 Å². The van der Waals surface area contributed by atoms with Crippen LogP contribution in [0.3, 0.4) is 0 Å². The molecule has 1 amide bonds. The zero-order valence-electron chi connectivity index (χ0n) is 6.03. The van der Waals surface area contributed by atoms with Crippen LogP contribution in [-0.4, -0.2) is 23.7 Å². The quantitative estimate of drug-likeness (QED) is 0.376. The average molecular weight is 178 g/mol. The molecule has 0 aromatic carbocycles. The molecule has 0 unspecified atom stereocenters. The highest BCUT2D eigenvalue weighted by molar-refractivity contribution is 7.80. The standard InChI is InChI=1S/C5H10N2O3S/c1-3(8)7-4(2-11)5(9)10-6/h4,11H,2,6H2,1H3,(H,7,8)/t4-/m0/s1. The molecule has 3 N–H and O–H groups in total. The van der Waals surface area contributed by atoms with Gasteiger partial charge in [0.25, 0.3) is 0 Å². The van der Waals surface area contributed by atoms with Crippen LogP contribution in [0.2, 0.25) is 0 Å². The SMILES string of the molecule is CC(=O)N[C@@H](CS)C(=O)ON. The third-order valence-corrected chi connectivity index (χ3v) is 1.33. The molecule has 0 fully saturated rings. The second kappa shape index (κ2) is 4.97. The van der Waals surface area contributed by atoms with Crippen molar-refractivity contribution in [1.29, 1.82) is 0 Å². The van der Waals surface area contributed by atoms with E-state index in [9.17, 15) is 9.59 Å². The van der Waals surface area contributed by atoms with Crippen LogP contribution in [0.25, 0.3) is 0 Å². The van der Waals surface area contributed by atoms with Gasteiger partial charge in [0, 0.05) is 12.7 Å². The number of amides is 1. The van der Waals surface area contributed by atoms with Crippen LogP contribution in [0.1, 0.15) is 6.92 Å². The summed E-state index contributed by atoms with van der Waals surface area (Å²) < 4.78 is 0. The predicted octanol–water partition coefficient (Wildman–Crippen LogP) is -1.16. The highest BCUT2D eigenvalue weighted by Gasteiger charge is 2.17. The van der Waals surface area contributed by atoms with Gasteiger partial charge in [0.15, 0.2) is 0 Å². The summed E-state index contributed by atoms with van der Waals surface area (Å²) in [6, 6.07) is -0.763. The van der Waals surface area contributed by atoms with Gasteiger partial charge in [-0.15, -0.1) is 0 Å². The van der Waals surface area contributed by atoms with Gasteiger partial charge in [-0.25, -0.2) is 4.79 Å². The van der Waals surface area contributed by atoms with Gasteiger partial charge in [0.2, 0.25) is 5.91 Å². The van der Waals surface area contributed by atoms with Crippen molar-refractivity contribution in [3.05, 3.63) is 0 Å². The van der Waals surface area contributed by atoms with Gasteiger partial charge in [-0.3, -0.25) is 4.79 Å². The van der Waals surface area contributed by atoms with Crippen molar-refractivity contribution in [2.45, 2.75) is 13.0 Å². The van der Waals surface area contributed by atoms with Gasteiger partial charge in [-0.2, -0.15) is 18.5 Å². The molecule has 0 aliphatic rings. The lowest BCUT2D eigenvalue weighted by Gasteiger charge is -2.10. The number of thiol groups is 1. The van der Waals surface area contributed by atoms with E-state index in [1.54, 1.807) is 0 Å². The molecular formula is C5H10N2O3S. The summed E-state index contributed by atoms with van der Waals surface area (Å²) >= 11 is 3.81. The molecule has 0 saturated carbocycles. The maximum Gasteiger partial charge on any atom is 0.347 e. The van der Waals surface area contributed by atoms with Crippen molar-refractivity contribution in [3.8, 4) is 0 Å². The Labute approximate surface area is 69.6 Å². The number of carbonyl (C=O) groups is 2. The van der Waals surface area contributed by atoms with E-state index in [-0.39, 0.29) is 11.7 Å². The molecule has 0 aliphatic heterocycles. The number of rotatable bonds is 3. The van der Waals surface area contributed by atoms with Gasteiger partial charge in [0.1, 0.15) is 6.04 Å². The molecule has 0 aromatic rings. The lowest BCUT2D eigenvalue weighted by Crippen LogP contribution is -2.43. The van der Waals surface area contributed by atoms with Crippen LogP contribution in [0.4, 0.5) is 0 Å². The fourth-order valence-electron chi connectivity index (χ4n) is 0.507. The van der Waals surface area contributed by atoms with Crippen LogP contribution >= 0.6 is 12.6 Å². The second-order valence-electron chi connectivity index (χ2n) is 1.87. The normalized spacial score (nSPS) is 11.9. The predicted molar refractivity (Wildman–Crippen MR) is 41.7 cm³/mol. The smallest absolute Gasteiger partial charge is 0.347 e. The lowest BCUT2D eigenvalue weighted by molar-refractivity contribution is -0.147. The molecule has 0 saturated heterocycles. The first kappa shape index (κ1) is 10.2. The Morgan fingerprint density at radius 1 is 1.73 bits per heavy atom. The van der Waals surface area contributed by atoms with Crippen molar-refractivity contribution in [2.24, 2.45) is 5.90 Å². The van der Waals surface area contributed by atoms with Crippen molar-refractivity contribution in [1.82, 2.24) is 5.32 Å². The average Bonchev–Trinajstić information content (AvgIpc) is 1.98. The Bertz CT molecular complexity index is 162. The molecule has 0 heterocycles. The van der Waals surface area contributed by atoms with Crippen LogP contribution in [0.15, 0.2) is 0 Å². The van der Waals surface area contributed by atoms with Crippen LogP contribution in [-0.2, 0) is 14.4 Å². The Morgan fingerprint density at radius 3 is 2.55 bits per heavy atom. The highest BCUT2D eigenvalue weighted by Crippen LogP contribution is 1.89. The van der Waals surface area contributed by atoms with Crippen LogP contribution in [0, 0.1) is 0 Å². The maximum atomic E-state index is 10.7. The molecule has 0 aromatic heterocycles. The van der Waals surface area contributed by atoms with E-state index in [0.29, 0.717) is 0 Å². The Morgan fingerprint density at radius 2 is 2.27 bits per heavy atom. The maximum absolute atomic E-state index is 10.7. The Hall–Kier alpha value is -0.750. The Kier molecular flexibility index (Phi) is 4.64. The number of nitrogens with two attached hydrogens (primary N) is 1. The topological polar surface area (TPSA) is 81.4 Å². The highest BCUT2D eigenvalue weighted by atomic mass is 32.1. The minimum atomic E-state index is -0.763. The number of carbonyl (C=O) groups excluding carboxylic acids is 2. The van der Waals surface area contributed by atoms with Crippen LogP contribution < -0.4 is 11.2 Å². The summed E-state index contributed by atoms with van der Waals surface area (Å²) in [4.78, 5) is 25.0. The third-order valence-electron chi connectivity index (χ3n) is 0.961. The third kappa shape index (κ3) is 3.84. The van der Waals surface area contributed by atoms with Crippen molar-refractivity contribution in [3.63, 3.8) is 0 Å². The van der Waals surface area contributed by atoms with Crippen molar-refractivity contribution in [2.75, 3.05) is 5.75 Å². The van der Waals surface area contributed by atoms with Gasteiger partial charge >= 0.3 is 5.97 Å². The molecule has 0 aliphatic carbocycles. The van der Waals surface area contributed by atoms with Crippen molar-refractivity contribution >= 4 is 24.5 Å². The summed E-state index contributed by atoms with van der Waals surface area (Å²) in [5.41, 5.74) is 0. The second-order valence-corrected chi connectivity index (χ2v) is 2.24. The lowest BCUT2D eigenvalue weighted by atomic mass is 10.3. The summed E-state index contributed by atoms with van der Waals surface area (Å²) in [6.07, 6.45) is 0. The molecule has 5 nitrogen and oxygen atoms in total. The molecule has 11 heavy (non-hydrogen) atoms. The summed E-state index contributed by atoms with van der Waals surface area (Å²) in [5.74, 6) is 3.73. The molecule has 0 spiro atoms. The van der Waals surface area contributed by atoms with E-state index in [1.807, 2.05) is 0 Å². The van der Waals surface area contributed by atoms with Crippen molar-refractivity contribution < 1.29 is 14.4 Å². The number of nitrogens with one attached hydrogen (secondary N) is 1. The van der Waals surface area contributed by atoms with E-state index >= 15 is 0 Å². The van der Waals surface area contributed by atoms with Gasteiger partial charge in [0.05, 0.1) is 0 Å². The summed E-state index contributed by atoms with van der Waals surface area (Å²) in [7, 11) is 0. The van der Waals surface area contributed by atoms with Gasteiger partial charge < -0.3 is 10.2 Å². The first-order valence-corrected chi connectivity index (χ1v) is 3.53. The van der Waals surface area contributed by atoms with Crippen LogP contribution in [0.5, 0.6) is 0 Å². The van der Waals surface area contributed by atoms with E-state index in [4.69, 9.17) is 0 Å². The molecule has 1 atom stereocenters. The zero-order chi connectivity index (χ0) is 8.85. The fourth-order valence-corrected chi connectivity index (χ4v) is 0.747. The van der Waals surface area contributed by atoms with E-state index in [2.05, 4.69) is 28.7 Å². The largest absolute Gasteiger partial charge is 0.372 e. The first-order valence-electron chi connectivity index (χ1n) is 2.90. The summed E-state index contributed by atoms with van der Waals surface area (Å²) in [6.45, 7) is 1.29. The number of hydrogen-bond donors (Lipinski definition) is 3. The minimum Gasteiger partial charge on any atom is -0.372 e. The van der Waals surface area contributed by atoms with E-state index < -0.39 is 12.0 Å². The minimum absolute atomic E-state index is 0.162. The van der Waals surface area contributed by atoms with E-state index in [1.165, 1.54) is 6.92 Å². The number of hydrogen-bond acceptors (Lipinski definition) is 5. The molecule has 0 radical (unpaired) electrons. The Balaban J connectivity index is 3.94. The monoisotopic (exact) mass is 178 g/mol. The molecule has 6 heteroatoms. The molecule has 0 bridgehead atoms. The molecular weight excluding hydrogens is 168 g/mol. The van der Waals surface area contributed by atoms with Gasteiger partial charge in [-0.1, -0.05) is 0 Å². The zero-order valence-corrected chi connectivity index (χ0v) is 6.93. The van der Waals surface area contributed by atoms with Gasteiger partial charge in [-0.05, 0) is 0 Å². The summed E-state index contributed by atoms with van der Waals surface area (Å²) in [5, 5.41) is 2.31. The molecule has 0 rings (SSSR count). The molecule has 64 valence electrons.